The Morgan fingerprint density at radius 3 is 2.59 bits per heavy atom. The van der Waals surface area contributed by atoms with E-state index >= 15 is 0 Å². The molecule has 1 fully saturated rings. The maximum absolute atomic E-state index is 5.64. The molecule has 0 unspecified atom stereocenters. The average Bonchev–Trinajstić information content (AvgIpc) is 3.10. The number of nitrogens with one attached hydrogen (secondary N) is 2. The van der Waals surface area contributed by atoms with Gasteiger partial charge in [-0.25, -0.2) is 4.99 Å². The molecule has 2 aromatic rings. The molecule has 6 nitrogen and oxygen atoms in total. The number of aliphatic imine (C=N–C) groups is 1. The zero-order valence-electron chi connectivity index (χ0n) is 16.0. The van der Waals surface area contributed by atoms with Crippen molar-refractivity contribution in [1.29, 1.82) is 0 Å². The molecule has 1 aliphatic rings. The van der Waals surface area contributed by atoms with Crippen molar-refractivity contribution >= 4 is 21.9 Å². The van der Waals surface area contributed by atoms with E-state index in [0.717, 1.165) is 55.3 Å². The molecule has 146 valence electrons. The Morgan fingerprint density at radius 2 is 1.96 bits per heavy atom. The van der Waals surface area contributed by atoms with Crippen molar-refractivity contribution < 1.29 is 4.74 Å². The fraction of sp³-hybridized carbons (Fsp3) is 0.500. The summed E-state index contributed by atoms with van der Waals surface area (Å²) in [6.45, 7) is 5.92. The first-order valence-electron chi connectivity index (χ1n) is 9.46. The van der Waals surface area contributed by atoms with Crippen LogP contribution in [0.4, 0.5) is 0 Å². The number of nitrogens with zero attached hydrogens (tertiary/aromatic N) is 3. The van der Waals surface area contributed by atoms with Gasteiger partial charge in [0.1, 0.15) is 0 Å². The van der Waals surface area contributed by atoms with Gasteiger partial charge in [-0.2, -0.15) is 5.10 Å². The lowest BCUT2D eigenvalue weighted by Crippen LogP contribution is -2.48. The van der Waals surface area contributed by atoms with Gasteiger partial charge < -0.3 is 15.4 Å². The fourth-order valence-electron chi connectivity index (χ4n) is 3.44. The first-order valence-corrected chi connectivity index (χ1v) is 10.2. The van der Waals surface area contributed by atoms with Gasteiger partial charge in [-0.1, -0.05) is 28.1 Å². The molecule has 1 aliphatic heterocycles. The predicted molar refractivity (Wildman–Crippen MR) is 112 cm³/mol. The number of hydrogen-bond acceptors (Lipinski definition) is 3. The minimum absolute atomic E-state index is 0.0572. The average molecular weight is 434 g/mol. The van der Waals surface area contributed by atoms with Crippen LogP contribution < -0.4 is 10.6 Å². The maximum Gasteiger partial charge on any atom is 0.191 e. The number of rotatable bonds is 6. The summed E-state index contributed by atoms with van der Waals surface area (Å²) in [7, 11) is 1.94. The summed E-state index contributed by atoms with van der Waals surface area (Å²) in [4.78, 5) is 4.73. The van der Waals surface area contributed by atoms with Gasteiger partial charge in [-0.15, -0.1) is 0 Å². The second-order valence-corrected chi connectivity index (χ2v) is 7.81. The molecule has 7 heteroatoms. The van der Waals surface area contributed by atoms with E-state index in [2.05, 4.69) is 62.9 Å². The number of aromatic nitrogens is 2. The molecule has 2 heterocycles. The molecule has 0 atom stereocenters. The van der Waals surface area contributed by atoms with Gasteiger partial charge in [0.15, 0.2) is 5.96 Å². The lowest BCUT2D eigenvalue weighted by Gasteiger charge is -2.38. The Labute approximate surface area is 169 Å². The fourth-order valence-corrected chi connectivity index (χ4v) is 3.71. The Morgan fingerprint density at radius 1 is 1.22 bits per heavy atom. The van der Waals surface area contributed by atoms with Crippen molar-refractivity contribution in [2.45, 2.75) is 31.7 Å². The minimum Gasteiger partial charge on any atom is -0.381 e. The Balaban J connectivity index is 1.73. The largest absolute Gasteiger partial charge is 0.381 e. The predicted octanol–water partition coefficient (Wildman–Crippen LogP) is 2.99. The van der Waals surface area contributed by atoms with Crippen LogP contribution in [0.3, 0.4) is 0 Å². The summed E-state index contributed by atoms with van der Waals surface area (Å²) in [5, 5.41) is 11.1. The summed E-state index contributed by atoms with van der Waals surface area (Å²) in [6.07, 6.45) is 3.81. The van der Waals surface area contributed by atoms with Crippen LogP contribution in [-0.4, -0.2) is 42.0 Å². The van der Waals surface area contributed by atoms with E-state index in [4.69, 9.17) is 9.73 Å². The van der Waals surface area contributed by atoms with E-state index < -0.39 is 0 Å². The molecule has 0 bridgehead atoms. The third kappa shape index (κ3) is 5.11. The van der Waals surface area contributed by atoms with Gasteiger partial charge in [0, 0.05) is 49.4 Å². The van der Waals surface area contributed by atoms with Crippen LogP contribution in [-0.2, 0) is 23.7 Å². The van der Waals surface area contributed by atoms with E-state index in [0.29, 0.717) is 6.54 Å². The third-order valence-corrected chi connectivity index (χ3v) is 5.70. The Hall–Kier alpha value is -1.86. The standard InChI is InChI=1S/C20H28BrN5O/c1-3-22-19(23-14-18-8-11-25-26(18)2)24-15-20(9-12-27-13-10-20)16-4-6-17(21)7-5-16/h4-8,11H,3,9-10,12-15H2,1-2H3,(H2,22,23,24). The molecule has 0 saturated carbocycles. The van der Waals surface area contributed by atoms with Crippen LogP contribution in [0.2, 0.25) is 0 Å². The Kier molecular flexibility index (Phi) is 6.90. The molecule has 27 heavy (non-hydrogen) atoms. The smallest absolute Gasteiger partial charge is 0.191 e. The van der Waals surface area contributed by atoms with Crippen LogP contribution in [0, 0.1) is 0 Å². The number of benzene rings is 1. The van der Waals surface area contributed by atoms with E-state index in [1.165, 1.54) is 5.56 Å². The van der Waals surface area contributed by atoms with Gasteiger partial charge in [0.05, 0.1) is 12.2 Å². The first-order chi connectivity index (χ1) is 13.1. The maximum atomic E-state index is 5.64. The summed E-state index contributed by atoms with van der Waals surface area (Å²) in [6, 6.07) is 10.7. The van der Waals surface area contributed by atoms with E-state index in [1.54, 1.807) is 6.20 Å². The summed E-state index contributed by atoms with van der Waals surface area (Å²) in [5.41, 5.74) is 2.49. The van der Waals surface area contributed by atoms with Crippen molar-refractivity contribution in [3.63, 3.8) is 0 Å². The molecule has 0 amide bonds. The molecular weight excluding hydrogens is 406 g/mol. The highest BCUT2D eigenvalue weighted by Crippen LogP contribution is 2.34. The second-order valence-electron chi connectivity index (χ2n) is 6.89. The summed E-state index contributed by atoms with van der Waals surface area (Å²) in [5.74, 6) is 0.835. The number of ether oxygens (including phenoxy) is 1. The molecule has 1 saturated heterocycles. The van der Waals surface area contributed by atoms with Crippen molar-refractivity contribution in [3.8, 4) is 0 Å². The zero-order valence-corrected chi connectivity index (χ0v) is 17.6. The highest BCUT2D eigenvalue weighted by Gasteiger charge is 2.34. The number of aryl methyl sites for hydroxylation is 1. The van der Waals surface area contributed by atoms with Crippen molar-refractivity contribution in [2.75, 3.05) is 26.3 Å². The molecule has 0 radical (unpaired) electrons. The van der Waals surface area contributed by atoms with Gasteiger partial charge >= 0.3 is 0 Å². The van der Waals surface area contributed by atoms with Crippen LogP contribution in [0.25, 0.3) is 0 Å². The summed E-state index contributed by atoms with van der Waals surface area (Å²) < 4.78 is 8.60. The van der Waals surface area contributed by atoms with Crippen molar-refractivity contribution in [1.82, 2.24) is 20.4 Å². The molecule has 0 spiro atoms. The second kappa shape index (κ2) is 9.37. The molecule has 0 aliphatic carbocycles. The third-order valence-electron chi connectivity index (χ3n) is 5.17. The van der Waals surface area contributed by atoms with Gasteiger partial charge in [0.2, 0.25) is 0 Å². The van der Waals surface area contributed by atoms with Gasteiger partial charge in [-0.05, 0) is 43.5 Å². The normalized spacial score (nSPS) is 16.9. The van der Waals surface area contributed by atoms with E-state index in [-0.39, 0.29) is 5.41 Å². The first kappa shape index (κ1) is 19.9. The van der Waals surface area contributed by atoms with Crippen molar-refractivity contribution in [2.24, 2.45) is 12.0 Å². The van der Waals surface area contributed by atoms with E-state index in [1.807, 2.05) is 17.8 Å². The number of hydrogen-bond donors (Lipinski definition) is 2. The molecule has 2 N–H and O–H groups in total. The number of guanidine groups is 1. The minimum atomic E-state index is 0.0572. The highest BCUT2D eigenvalue weighted by molar-refractivity contribution is 9.10. The Bertz CT molecular complexity index is 750. The lowest BCUT2D eigenvalue weighted by atomic mass is 9.74. The SMILES string of the molecule is CCNC(=NCc1ccnn1C)NCC1(c2ccc(Br)cc2)CCOCC1. The molecule has 1 aromatic heterocycles. The van der Waals surface area contributed by atoms with Crippen LogP contribution >= 0.6 is 15.9 Å². The zero-order chi connectivity index (χ0) is 19.1. The topological polar surface area (TPSA) is 63.5 Å². The van der Waals surface area contributed by atoms with Crippen LogP contribution in [0.5, 0.6) is 0 Å². The van der Waals surface area contributed by atoms with E-state index in [9.17, 15) is 0 Å². The van der Waals surface area contributed by atoms with Crippen molar-refractivity contribution in [3.05, 3.63) is 52.3 Å². The summed E-state index contributed by atoms with van der Waals surface area (Å²) >= 11 is 3.54. The quantitative estimate of drug-likeness (QED) is 0.542. The van der Waals surface area contributed by atoms with Gasteiger partial charge in [0.25, 0.3) is 0 Å². The van der Waals surface area contributed by atoms with Gasteiger partial charge in [-0.3, -0.25) is 4.68 Å². The molecular formula is C20H28BrN5O. The lowest BCUT2D eigenvalue weighted by molar-refractivity contribution is 0.0514. The van der Waals surface area contributed by atoms with Crippen LogP contribution in [0.15, 0.2) is 46.0 Å². The highest BCUT2D eigenvalue weighted by atomic mass is 79.9. The van der Waals surface area contributed by atoms with Crippen LogP contribution in [0.1, 0.15) is 31.0 Å². The molecule has 3 rings (SSSR count). The number of halogens is 1. The molecule has 1 aromatic carbocycles. The monoisotopic (exact) mass is 433 g/mol.